The van der Waals surface area contributed by atoms with Crippen LogP contribution in [0.5, 0.6) is 0 Å². The molecule has 0 bridgehead atoms. The average molecular weight is 179 g/mol. The van der Waals surface area contributed by atoms with Gasteiger partial charge in [0.25, 0.3) is 0 Å². The third kappa shape index (κ3) is 1.32. The molecule has 3 N–H and O–H groups in total. The summed E-state index contributed by atoms with van der Waals surface area (Å²) in [5.41, 5.74) is 8.28. The zero-order valence-electron chi connectivity index (χ0n) is 8.30. The van der Waals surface area contributed by atoms with Crippen LogP contribution in [-0.2, 0) is 6.42 Å². The van der Waals surface area contributed by atoms with E-state index in [1.54, 1.807) is 0 Å². The first-order chi connectivity index (χ1) is 6.22. The molecule has 1 aliphatic carbocycles. The number of nitrogens with zero attached hydrogens (tertiary/aromatic N) is 1. The summed E-state index contributed by atoms with van der Waals surface area (Å²) >= 11 is 0. The summed E-state index contributed by atoms with van der Waals surface area (Å²) in [6.45, 7) is 4.43. The second kappa shape index (κ2) is 3.05. The van der Waals surface area contributed by atoms with Gasteiger partial charge in [-0.1, -0.05) is 13.8 Å². The lowest BCUT2D eigenvalue weighted by molar-refractivity contribution is 0.282. The Bertz CT molecular complexity index is 297. The lowest BCUT2D eigenvalue weighted by Gasteiger charge is -2.32. The molecule has 0 spiro atoms. The van der Waals surface area contributed by atoms with Crippen LogP contribution in [0, 0.1) is 5.92 Å². The van der Waals surface area contributed by atoms with E-state index in [0.29, 0.717) is 11.7 Å². The van der Waals surface area contributed by atoms with Gasteiger partial charge >= 0.3 is 0 Å². The van der Waals surface area contributed by atoms with Crippen molar-refractivity contribution in [2.75, 3.05) is 5.73 Å². The Morgan fingerprint density at radius 2 is 2.23 bits per heavy atom. The van der Waals surface area contributed by atoms with Gasteiger partial charge in [-0.25, -0.2) is 0 Å². The monoisotopic (exact) mass is 179 g/mol. The Kier molecular flexibility index (Phi) is 2.02. The summed E-state index contributed by atoms with van der Waals surface area (Å²) in [5.74, 6) is 2.26. The van der Waals surface area contributed by atoms with Crippen molar-refractivity contribution < 1.29 is 0 Å². The van der Waals surface area contributed by atoms with Crippen LogP contribution in [0.4, 0.5) is 5.82 Å². The second-order valence-electron chi connectivity index (χ2n) is 4.13. The molecule has 0 amide bonds. The number of H-pyrrole nitrogens is 1. The molecule has 1 saturated carbocycles. The van der Waals surface area contributed by atoms with E-state index < -0.39 is 0 Å². The van der Waals surface area contributed by atoms with Crippen LogP contribution in [0.2, 0.25) is 0 Å². The molecule has 1 aromatic heterocycles. The number of nitrogens with one attached hydrogen (secondary N) is 1. The van der Waals surface area contributed by atoms with Crippen LogP contribution in [0.3, 0.4) is 0 Å². The van der Waals surface area contributed by atoms with E-state index >= 15 is 0 Å². The Hall–Kier alpha value is -0.990. The van der Waals surface area contributed by atoms with Crippen molar-refractivity contribution in [1.29, 1.82) is 0 Å². The van der Waals surface area contributed by atoms with E-state index in [1.165, 1.54) is 24.1 Å². The molecular weight excluding hydrogens is 162 g/mol. The fourth-order valence-corrected chi connectivity index (χ4v) is 2.24. The van der Waals surface area contributed by atoms with Crippen molar-refractivity contribution in [3.8, 4) is 0 Å². The van der Waals surface area contributed by atoms with Crippen LogP contribution in [0.1, 0.15) is 43.9 Å². The normalized spacial score (nSPS) is 27.2. The van der Waals surface area contributed by atoms with E-state index in [9.17, 15) is 0 Å². The molecule has 0 unspecified atom stereocenters. The van der Waals surface area contributed by atoms with Gasteiger partial charge in [0, 0.05) is 17.2 Å². The van der Waals surface area contributed by atoms with Gasteiger partial charge in [0.2, 0.25) is 0 Å². The molecule has 3 heteroatoms. The van der Waals surface area contributed by atoms with Crippen LogP contribution in [0.15, 0.2) is 0 Å². The first-order valence-electron chi connectivity index (χ1n) is 5.05. The molecule has 72 valence electrons. The standard InChI is InChI=1S/C10H17N3/c1-3-8-9(12-13-10(8)11)7-4-6(2)5-7/h6-7H,3-5H2,1-2H3,(H3,11,12,13). The minimum atomic E-state index is 0.690. The molecule has 0 saturated heterocycles. The van der Waals surface area contributed by atoms with Gasteiger partial charge < -0.3 is 5.73 Å². The number of anilines is 1. The number of hydrogen-bond acceptors (Lipinski definition) is 2. The maximum atomic E-state index is 5.76. The maximum Gasteiger partial charge on any atom is 0.148 e. The lowest BCUT2D eigenvalue weighted by Crippen LogP contribution is -2.20. The first-order valence-corrected chi connectivity index (χ1v) is 5.05. The number of aromatic amines is 1. The molecule has 1 fully saturated rings. The largest absolute Gasteiger partial charge is 0.382 e. The van der Waals surface area contributed by atoms with Crippen LogP contribution >= 0.6 is 0 Å². The molecule has 1 aliphatic rings. The van der Waals surface area contributed by atoms with Crippen molar-refractivity contribution in [1.82, 2.24) is 10.2 Å². The van der Waals surface area contributed by atoms with Gasteiger partial charge in [-0.05, 0) is 25.2 Å². The fourth-order valence-electron chi connectivity index (χ4n) is 2.24. The number of hydrogen-bond donors (Lipinski definition) is 2. The molecule has 3 nitrogen and oxygen atoms in total. The number of nitrogen functional groups attached to an aromatic ring is 1. The Balaban J connectivity index is 2.20. The predicted octanol–water partition coefficient (Wildman–Crippen LogP) is 2.07. The van der Waals surface area contributed by atoms with Crippen molar-refractivity contribution >= 4 is 5.82 Å². The Labute approximate surface area is 78.7 Å². The number of rotatable bonds is 2. The zero-order chi connectivity index (χ0) is 9.42. The summed E-state index contributed by atoms with van der Waals surface area (Å²) in [5, 5.41) is 7.14. The van der Waals surface area contributed by atoms with Crippen LogP contribution < -0.4 is 5.73 Å². The Morgan fingerprint density at radius 1 is 1.54 bits per heavy atom. The van der Waals surface area contributed by atoms with Crippen molar-refractivity contribution in [3.63, 3.8) is 0 Å². The number of nitrogens with two attached hydrogens (primary N) is 1. The number of aromatic nitrogens is 2. The smallest absolute Gasteiger partial charge is 0.148 e. The minimum absolute atomic E-state index is 0.690. The molecule has 2 rings (SSSR count). The Morgan fingerprint density at radius 3 is 2.77 bits per heavy atom. The highest BCUT2D eigenvalue weighted by atomic mass is 15.2. The highest BCUT2D eigenvalue weighted by Gasteiger charge is 2.30. The summed E-state index contributed by atoms with van der Waals surface area (Å²) in [6, 6.07) is 0. The van der Waals surface area contributed by atoms with Gasteiger partial charge in [0.15, 0.2) is 0 Å². The SMILES string of the molecule is CCc1c(N)n[nH]c1C1CC(C)C1. The minimum Gasteiger partial charge on any atom is -0.382 e. The van der Waals surface area contributed by atoms with Gasteiger partial charge in [0.1, 0.15) is 5.82 Å². The summed E-state index contributed by atoms with van der Waals surface area (Å²) in [6.07, 6.45) is 3.56. The van der Waals surface area contributed by atoms with Gasteiger partial charge in [-0.3, -0.25) is 5.10 Å². The van der Waals surface area contributed by atoms with E-state index in [2.05, 4.69) is 24.0 Å². The molecular formula is C10H17N3. The van der Waals surface area contributed by atoms with Crippen LogP contribution in [0.25, 0.3) is 0 Å². The fraction of sp³-hybridized carbons (Fsp3) is 0.700. The van der Waals surface area contributed by atoms with E-state index in [-0.39, 0.29) is 0 Å². The average Bonchev–Trinajstić information content (AvgIpc) is 2.41. The molecule has 13 heavy (non-hydrogen) atoms. The van der Waals surface area contributed by atoms with E-state index in [1.807, 2.05) is 0 Å². The molecule has 0 atom stereocenters. The third-order valence-electron chi connectivity index (χ3n) is 3.07. The molecule has 0 radical (unpaired) electrons. The summed E-state index contributed by atoms with van der Waals surface area (Å²) in [7, 11) is 0. The van der Waals surface area contributed by atoms with Crippen molar-refractivity contribution in [3.05, 3.63) is 11.3 Å². The second-order valence-corrected chi connectivity index (χ2v) is 4.13. The highest BCUT2D eigenvalue weighted by Crippen LogP contribution is 2.42. The summed E-state index contributed by atoms with van der Waals surface area (Å²) < 4.78 is 0. The topological polar surface area (TPSA) is 54.7 Å². The molecule has 0 aromatic carbocycles. The zero-order valence-corrected chi connectivity index (χ0v) is 8.30. The summed E-state index contributed by atoms with van der Waals surface area (Å²) in [4.78, 5) is 0. The maximum absolute atomic E-state index is 5.76. The lowest BCUT2D eigenvalue weighted by atomic mass is 9.73. The molecule has 1 aromatic rings. The molecule has 1 heterocycles. The van der Waals surface area contributed by atoms with E-state index in [4.69, 9.17) is 5.73 Å². The highest BCUT2D eigenvalue weighted by molar-refractivity contribution is 5.43. The van der Waals surface area contributed by atoms with Crippen molar-refractivity contribution in [2.24, 2.45) is 5.92 Å². The predicted molar refractivity (Wildman–Crippen MR) is 53.5 cm³/mol. The van der Waals surface area contributed by atoms with Gasteiger partial charge in [-0.15, -0.1) is 0 Å². The molecule has 0 aliphatic heterocycles. The third-order valence-corrected chi connectivity index (χ3v) is 3.07. The van der Waals surface area contributed by atoms with E-state index in [0.717, 1.165) is 12.3 Å². The van der Waals surface area contributed by atoms with Crippen LogP contribution in [-0.4, -0.2) is 10.2 Å². The first kappa shape index (κ1) is 8.60. The van der Waals surface area contributed by atoms with Gasteiger partial charge in [0.05, 0.1) is 0 Å². The quantitative estimate of drug-likeness (QED) is 0.730. The van der Waals surface area contributed by atoms with Gasteiger partial charge in [-0.2, -0.15) is 5.10 Å². The van der Waals surface area contributed by atoms with Crippen molar-refractivity contribution in [2.45, 2.75) is 39.0 Å².